The first-order valence-electron chi connectivity index (χ1n) is 7.24. The van der Waals surface area contributed by atoms with Gasteiger partial charge in [-0.3, -0.25) is 0 Å². The Labute approximate surface area is 142 Å². The van der Waals surface area contributed by atoms with E-state index in [0.717, 1.165) is 21.5 Å². The quantitative estimate of drug-likeness (QED) is 0.651. The molecule has 0 aliphatic rings. The van der Waals surface area contributed by atoms with Gasteiger partial charge in [0.25, 0.3) is 0 Å². The first kappa shape index (κ1) is 16.1. The largest absolute Gasteiger partial charge is 0.493 e. The lowest BCUT2D eigenvalue weighted by Crippen LogP contribution is -2.00. The van der Waals surface area contributed by atoms with Gasteiger partial charge >= 0.3 is 0 Å². The minimum absolute atomic E-state index is 0.380. The van der Waals surface area contributed by atoms with E-state index in [4.69, 9.17) is 9.47 Å². The molecule has 2 heterocycles. The van der Waals surface area contributed by atoms with E-state index in [1.165, 1.54) is 11.3 Å². The lowest BCUT2D eigenvalue weighted by Gasteiger charge is -2.08. The molecule has 0 spiro atoms. The normalized spacial score (nSPS) is 11.3. The SMILES string of the molecule is COc1ccccc1OCc1nn2c(CSC(C)C)nnc2s1. The molecule has 6 nitrogen and oxygen atoms in total. The first-order valence-corrected chi connectivity index (χ1v) is 9.11. The number of ether oxygens (including phenoxy) is 2. The van der Waals surface area contributed by atoms with Crippen LogP contribution in [0.25, 0.3) is 4.96 Å². The van der Waals surface area contributed by atoms with Crippen LogP contribution >= 0.6 is 23.1 Å². The van der Waals surface area contributed by atoms with E-state index in [2.05, 4.69) is 29.1 Å². The van der Waals surface area contributed by atoms with Crippen LogP contribution in [0.3, 0.4) is 0 Å². The number of fused-ring (bicyclic) bond motifs is 1. The van der Waals surface area contributed by atoms with Crippen molar-refractivity contribution < 1.29 is 9.47 Å². The number of hydrogen-bond acceptors (Lipinski definition) is 7. The summed E-state index contributed by atoms with van der Waals surface area (Å²) in [6, 6.07) is 7.57. The zero-order valence-corrected chi connectivity index (χ0v) is 14.9. The van der Waals surface area contributed by atoms with Gasteiger partial charge in [-0.2, -0.15) is 21.4 Å². The van der Waals surface area contributed by atoms with Crippen LogP contribution in [0.5, 0.6) is 11.5 Å². The third-order valence-electron chi connectivity index (χ3n) is 3.06. The van der Waals surface area contributed by atoms with Crippen LogP contribution in [0.4, 0.5) is 0 Å². The first-order chi connectivity index (χ1) is 11.2. The lowest BCUT2D eigenvalue weighted by molar-refractivity contribution is 0.283. The molecule has 0 aliphatic heterocycles. The van der Waals surface area contributed by atoms with Gasteiger partial charge in [0.1, 0.15) is 6.61 Å². The average Bonchev–Trinajstić information content (AvgIpc) is 3.11. The summed E-state index contributed by atoms with van der Waals surface area (Å²) in [6.45, 7) is 4.71. The second-order valence-electron chi connectivity index (χ2n) is 5.11. The summed E-state index contributed by atoms with van der Waals surface area (Å²) in [4.78, 5) is 0.794. The third kappa shape index (κ3) is 3.76. The molecular weight excluding hydrogens is 332 g/mol. The highest BCUT2D eigenvalue weighted by atomic mass is 32.2. The fourth-order valence-electron chi connectivity index (χ4n) is 1.96. The number of rotatable bonds is 7. The van der Waals surface area contributed by atoms with Gasteiger partial charge in [-0.15, -0.1) is 10.2 Å². The Morgan fingerprint density at radius 3 is 2.74 bits per heavy atom. The molecule has 0 fully saturated rings. The highest BCUT2D eigenvalue weighted by molar-refractivity contribution is 7.99. The van der Waals surface area contributed by atoms with Gasteiger partial charge in [0.2, 0.25) is 4.96 Å². The summed E-state index contributed by atoms with van der Waals surface area (Å²) in [5.41, 5.74) is 0. The Bertz CT molecular complexity index is 785. The molecule has 0 saturated heterocycles. The Hall–Kier alpha value is -1.80. The van der Waals surface area contributed by atoms with E-state index < -0.39 is 0 Å². The molecule has 0 aliphatic carbocycles. The van der Waals surface area contributed by atoms with Crippen LogP contribution in [-0.2, 0) is 12.4 Å². The molecule has 0 radical (unpaired) electrons. The van der Waals surface area contributed by atoms with E-state index in [-0.39, 0.29) is 0 Å². The topological polar surface area (TPSA) is 61.5 Å². The molecular formula is C15H18N4O2S2. The Morgan fingerprint density at radius 2 is 2.00 bits per heavy atom. The summed E-state index contributed by atoms with van der Waals surface area (Å²) in [5, 5.41) is 14.3. The minimum Gasteiger partial charge on any atom is -0.493 e. The van der Waals surface area contributed by atoms with Gasteiger partial charge in [0, 0.05) is 0 Å². The van der Waals surface area contributed by atoms with Gasteiger partial charge in [0.15, 0.2) is 22.3 Å². The molecule has 0 atom stereocenters. The van der Waals surface area contributed by atoms with Crippen LogP contribution in [0, 0.1) is 0 Å². The fraction of sp³-hybridized carbons (Fsp3) is 0.400. The number of nitrogens with zero attached hydrogens (tertiary/aromatic N) is 4. The second kappa shape index (κ2) is 7.18. The summed E-state index contributed by atoms with van der Waals surface area (Å²) in [6.07, 6.45) is 0. The monoisotopic (exact) mass is 350 g/mol. The van der Waals surface area contributed by atoms with Crippen molar-refractivity contribution in [2.75, 3.05) is 7.11 Å². The van der Waals surface area contributed by atoms with E-state index in [1.54, 1.807) is 11.6 Å². The zero-order valence-electron chi connectivity index (χ0n) is 13.2. The van der Waals surface area contributed by atoms with Crippen molar-refractivity contribution in [3.8, 4) is 11.5 Å². The van der Waals surface area contributed by atoms with Crippen molar-refractivity contribution in [3.63, 3.8) is 0 Å². The van der Waals surface area contributed by atoms with Crippen LogP contribution in [0.15, 0.2) is 24.3 Å². The van der Waals surface area contributed by atoms with Crippen LogP contribution in [0.1, 0.15) is 24.7 Å². The van der Waals surface area contributed by atoms with Crippen LogP contribution < -0.4 is 9.47 Å². The van der Waals surface area contributed by atoms with Crippen molar-refractivity contribution in [2.24, 2.45) is 0 Å². The Balaban J connectivity index is 1.71. The molecule has 1 aromatic carbocycles. The van der Waals surface area contributed by atoms with Crippen LogP contribution in [0.2, 0.25) is 0 Å². The maximum atomic E-state index is 5.81. The Morgan fingerprint density at radius 1 is 1.22 bits per heavy atom. The van der Waals surface area contributed by atoms with Gasteiger partial charge in [0.05, 0.1) is 12.9 Å². The highest BCUT2D eigenvalue weighted by Gasteiger charge is 2.13. The summed E-state index contributed by atoms with van der Waals surface area (Å²) >= 11 is 3.31. The highest BCUT2D eigenvalue weighted by Crippen LogP contribution is 2.27. The molecule has 0 saturated carbocycles. The predicted molar refractivity (Wildman–Crippen MR) is 92.4 cm³/mol. The molecule has 0 unspecified atom stereocenters. The molecule has 2 aromatic heterocycles. The molecule has 122 valence electrons. The zero-order chi connectivity index (χ0) is 16.2. The maximum Gasteiger partial charge on any atom is 0.234 e. The van der Waals surface area contributed by atoms with E-state index in [1.807, 2.05) is 36.0 Å². The van der Waals surface area contributed by atoms with Gasteiger partial charge in [-0.1, -0.05) is 37.3 Å². The van der Waals surface area contributed by atoms with E-state index in [0.29, 0.717) is 23.4 Å². The number of thioether (sulfide) groups is 1. The van der Waals surface area contributed by atoms with Crippen molar-refractivity contribution >= 4 is 28.1 Å². The summed E-state index contributed by atoms with van der Waals surface area (Å²) in [7, 11) is 1.63. The molecule has 8 heteroatoms. The van der Waals surface area contributed by atoms with Crippen molar-refractivity contribution in [1.82, 2.24) is 19.8 Å². The number of hydrogen-bond donors (Lipinski definition) is 0. The maximum absolute atomic E-state index is 5.81. The van der Waals surface area contributed by atoms with Crippen LogP contribution in [-0.4, -0.2) is 32.2 Å². The molecule has 0 bridgehead atoms. The molecule has 3 aromatic rings. The fourth-order valence-corrected chi connectivity index (χ4v) is 3.39. The number of methoxy groups -OCH3 is 1. The molecule has 3 rings (SSSR count). The van der Waals surface area contributed by atoms with Crippen molar-refractivity contribution in [3.05, 3.63) is 35.1 Å². The van der Waals surface area contributed by atoms with E-state index >= 15 is 0 Å². The number of aromatic nitrogens is 4. The smallest absolute Gasteiger partial charge is 0.234 e. The lowest BCUT2D eigenvalue weighted by atomic mass is 10.3. The number of benzene rings is 1. The summed E-state index contributed by atoms with van der Waals surface area (Å²) < 4.78 is 12.9. The molecule has 0 N–H and O–H groups in total. The van der Waals surface area contributed by atoms with Gasteiger partial charge in [-0.25, -0.2) is 0 Å². The molecule has 0 amide bonds. The van der Waals surface area contributed by atoms with Crippen molar-refractivity contribution in [1.29, 1.82) is 0 Å². The number of para-hydroxylation sites is 2. The molecule has 23 heavy (non-hydrogen) atoms. The summed E-state index contributed by atoms with van der Waals surface area (Å²) in [5.74, 6) is 3.09. The average molecular weight is 350 g/mol. The van der Waals surface area contributed by atoms with Gasteiger partial charge in [-0.05, 0) is 17.4 Å². The van der Waals surface area contributed by atoms with Gasteiger partial charge < -0.3 is 9.47 Å². The predicted octanol–water partition coefficient (Wildman–Crippen LogP) is 3.42. The van der Waals surface area contributed by atoms with E-state index in [9.17, 15) is 0 Å². The third-order valence-corrected chi connectivity index (χ3v) is 5.03. The minimum atomic E-state index is 0.380. The standard InChI is InChI=1S/C15H18N4O2S2/c1-10(2)22-9-13-16-17-15-19(13)18-14(23-15)8-21-12-7-5-4-6-11(12)20-3/h4-7,10H,8-9H2,1-3H3. The Kier molecular flexibility index (Phi) is 5.02. The second-order valence-corrected chi connectivity index (χ2v) is 7.71. The van der Waals surface area contributed by atoms with Crippen molar-refractivity contribution in [2.45, 2.75) is 31.5 Å².